The molecule has 2 saturated carbocycles. The second-order valence-corrected chi connectivity index (χ2v) is 6.66. The molecule has 1 heterocycles. The molecular formula is C16H24N4O. The number of anilines is 1. The molecule has 2 fully saturated rings. The lowest BCUT2D eigenvalue weighted by Crippen LogP contribution is -2.29. The van der Waals surface area contributed by atoms with Gasteiger partial charge in [0.2, 0.25) is 0 Å². The van der Waals surface area contributed by atoms with Crippen molar-refractivity contribution < 1.29 is 5.21 Å². The van der Waals surface area contributed by atoms with Gasteiger partial charge >= 0.3 is 0 Å². The average Bonchev–Trinajstić information content (AvgIpc) is 3.08. The Balaban J connectivity index is 1.75. The van der Waals surface area contributed by atoms with E-state index in [-0.39, 0.29) is 5.84 Å². The topological polar surface area (TPSA) is 74.7 Å². The Morgan fingerprint density at radius 3 is 2.86 bits per heavy atom. The lowest BCUT2D eigenvalue weighted by Gasteiger charge is -2.28. The van der Waals surface area contributed by atoms with Gasteiger partial charge in [-0.2, -0.15) is 0 Å². The quantitative estimate of drug-likeness (QED) is 0.386. The fraction of sp³-hybridized carbons (Fsp3) is 0.625. The maximum atomic E-state index is 8.84. The monoisotopic (exact) mass is 288 g/mol. The molecule has 0 saturated heterocycles. The molecule has 2 aliphatic rings. The first-order chi connectivity index (χ1) is 10.1. The number of oxime groups is 1. The molecule has 1 aromatic heterocycles. The van der Waals surface area contributed by atoms with Crippen molar-refractivity contribution in [3.63, 3.8) is 0 Å². The molecule has 3 atom stereocenters. The van der Waals surface area contributed by atoms with Crippen LogP contribution in [0.15, 0.2) is 17.3 Å². The molecule has 0 radical (unpaired) electrons. The van der Waals surface area contributed by atoms with Crippen LogP contribution in [0.4, 0.5) is 5.82 Å². The van der Waals surface area contributed by atoms with Gasteiger partial charge in [-0.1, -0.05) is 11.6 Å². The van der Waals surface area contributed by atoms with Gasteiger partial charge in [-0.05, 0) is 56.1 Å². The lowest BCUT2D eigenvalue weighted by atomic mass is 9.88. The minimum Gasteiger partial charge on any atom is -0.409 e. The Morgan fingerprint density at radius 2 is 2.24 bits per heavy atom. The number of amidine groups is 1. The Labute approximate surface area is 125 Å². The molecule has 21 heavy (non-hydrogen) atoms. The van der Waals surface area contributed by atoms with Gasteiger partial charge in [0.25, 0.3) is 0 Å². The van der Waals surface area contributed by atoms with Gasteiger partial charge in [0.1, 0.15) is 5.82 Å². The van der Waals surface area contributed by atoms with E-state index in [9.17, 15) is 0 Å². The van der Waals surface area contributed by atoms with Crippen molar-refractivity contribution in [2.45, 2.75) is 32.6 Å². The lowest BCUT2D eigenvalue weighted by molar-refractivity contribution is 0.318. The molecule has 114 valence electrons. The van der Waals surface area contributed by atoms with E-state index in [0.717, 1.165) is 41.4 Å². The summed E-state index contributed by atoms with van der Waals surface area (Å²) in [4.78, 5) is 6.80. The highest BCUT2D eigenvalue weighted by Crippen LogP contribution is 2.48. The fourth-order valence-corrected chi connectivity index (χ4v) is 4.10. The Hall–Kier alpha value is -1.78. The molecule has 0 aromatic carbocycles. The molecule has 0 aliphatic heterocycles. The second kappa shape index (κ2) is 5.54. The van der Waals surface area contributed by atoms with Crippen molar-refractivity contribution in [3.05, 3.63) is 23.4 Å². The van der Waals surface area contributed by atoms with Crippen molar-refractivity contribution in [1.29, 1.82) is 0 Å². The normalized spacial score (nSPS) is 28.1. The predicted octanol–water partition coefficient (Wildman–Crippen LogP) is 2.36. The van der Waals surface area contributed by atoms with Crippen molar-refractivity contribution in [2.75, 3.05) is 18.5 Å². The van der Waals surface area contributed by atoms with E-state index in [2.05, 4.69) is 22.1 Å². The zero-order valence-corrected chi connectivity index (χ0v) is 12.8. The number of fused-ring (bicyclic) bond motifs is 2. The Morgan fingerprint density at radius 1 is 1.43 bits per heavy atom. The van der Waals surface area contributed by atoms with Crippen molar-refractivity contribution in [2.24, 2.45) is 28.6 Å². The standard InChI is InChI=1S/C16H24N4O/c1-10-5-13(16(17)19-21)8-15(18-10)20(2)9-14-7-11-3-4-12(14)6-11/h5,8,11-12,14,21H,3-4,6-7,9H2,1-2H3,(H2,17,19). The van der Waals surface area contributed by atoms with Crippen LogP contribution in [0, 0.1) is 24.7 Å². The largest absolute Gasteiger partial charge is 0.409 e. The molecular weight excluding hydrogens is 264 g/mol. The first-order valence-electron chi connectivity index (χ1n) is 7.74. The van der Waals surface area contributed by atoms with Crippen LogP contribution in [0.25, 0.3) is 0 Å². The maximum Gasteiger partial charge on any atom is 0.170 e. The third-order valence-electron chi connectivity index (χ3n) is 5.13. The van der Waals surface area contributed by atoms with Gasteiger partial charge in [-0.15, -0.1) is 0 Å². The van der Waals surface area contributed by atoms with E-state index in [4.69, 9.17) is 10.9 Å². The molecule has 3 N–H and O–H groups in total. The number of nitrogens with zero attached hydrogens (tertiary/aromatic N) is 3. The minimum atomic E-state index is 0.134. The molecule has 0 amide bonds. The third-order valence-corrected chi connectivity index (χ3v) is 5.13. The molecule has 1 aromatic rings. The van der Waals surface area contributed by atoms with Gasteiger partial charge in [0, 0.05) is 24.8 Å². The van der Waals surface area contributed by atoms with Crippen LogP contribution >= 0.6 is 0 Å². The minimum absolute atomic E-state index is 0.134. The highest BCUT2D eigenvalue weighted by molar-refractivity contribution is 5.97. The first kappa shape index (κ1) is 14.2. The van der Waals surface area contributed by atoms with Crippen LogP contribution in [-0.4, -0.2) is 29.6 Å². The number of aromatic nitrogens is 1. The summed E-state index contributed by atoms with van der Waals surface area (Å²) in [7, 11) is 2.09. The number of hydrogen-bond donors (Lipinski definition) is 2. The molecule has 3 unspecified atom stereocenters. The van der Waals surface area contributed by atoms with Gasteiger partial charge in [-0.25, -0.2) is 4.98 Å². The molecule has 2 bridgehead atoms. The van der Waals surface area contributed by atoms with Crippen molar-refractivity contribution in [1.82, 2.24) is 4.98 Å². The van der Waals surface area contributed by atoms with E-state index >= 15 is 0 Å². The van der Waals surface area contributed by atoms with Gasteiger partial charge in [0.05, 0.1) is 0 Å². The number of nitrogens with two attached hydrogens (primary N) is 1. The average molecular weight is 288 g/mol. The van der Waals surface area contributed by atoms with Gasteiger partial charge < -0.3 is 15.8 Å². The zero-order chi connectivity index (χ0) is 15.0. The summed E-state index contributed by atoms with van der Waals surface area (Å²) >= 11 is 0. The van der Waals surface area contributed by atoms with E-state index in [1.54, 1.807) is 0 Å². The number of aryl methyl sites for hydroxylation is 1. The zero-order valence-electron chi connectivity index (χ0n) is 12.8. The van der Waals surface area contributed by atoms with E-state index in [1.165, 1.54) is 25.7 Å². The van der Waals surface area contributed by atoms with E-state index < -0.39 is 0 Å². The summed E-state index contributed by atoms with van der Waals surface area (Å²) in [6.45, 7) is 2.98. The highest BCUT2D eigenvalue weighted by Gasteiger charge is 2.39. The number of hydrogen-bond acceptors (Lipinski definition) is 4. The van der Waals surface area contributed by atoms with Crippen LogP contribution in [0.1, 0.15) is 36.9 Å². The third kappa shape index (κ3) is 2.82. The summed E-state index contributed by atoms with van der Waals surface area (Å²) in [5.41, 5.74) is 7.30. The van der Waals surface area contributed by atoms with Gasteiger partial charge in [0.15, 0.2) is 5.84 Å². The summed E-state index contributed by atoms with van der Waals surface area (Å²) < 4.78 is 0. The highest BCUT2D eigenvalue weighted by atomic mass is 16.4. The molecule has 5 heteroatoms. The maximum absolute atomic E-state index is 8.84. The van der Waals surface area contributed by atoms with Crippen LogP contribution in [0.2, 0.25) is 0 Å². The summed E-state index contributed by atoms with van der Waals surface area (Å²) in [5.74, 6) is 3.70. The number of pyridine rings is 1. The van der Waals surface area contributed by atoms with Crippen molar-refractivity contribution in [3.8, 4) is 0 Å². The summed E-state index contributed by atoms with van der Waals surface area (Å²) in [6, 6.07) is 3.74. The fourth-order valence-electron chi connectivity index (χ4n) is 4.10. The predicted molar refractivity (Wildman–Crippen MR) is 83.7 cm³/mol. The number of rotatable bonds is 4. The van der Waals surface area contributed by atoms with Crippen LogP contribution in [-0.2, 0) is 0 Å². The second-order valence-electron chi connectivity index (χ2n) is 6.66. The van der Waals surface area contributed by atoms with Crippen LogP contribution < -0.4 is 10.6 Å². The SMILES string of the molecule is Cc1cc(/C(N)=N/O)cc(N(C)CC2CC3CCC2C3)n1. The summed E-state index contributed by atoms with van der Waals surface area (Å²) in [5, 5.41) is 11.9. The van der Waals surface area contributed by atoms with Crippen LogP contribution in [0.5, 0.6) is 0 Å². The summed E-state index contributed by atoms with van der Waals surface area (Å²) in [6.07, 6.45) is 5.63. The molecule has 3 rings (SSSR count). The van der Waals surface area contributed by atoms with Crippen molar-refractivity contribution >= 4 is 11.7 Å². The molecule has 2 aliphatic carbocycles. The van der Waals surface area contributed by atoms with Gasteiger partial charge in [-0.3, -0.25) is 0 Å². The Bertz CT molecular complexity index is 557. The van der Waals surface area contributed by atoms with Crippen LogP contribution in [0.3, 0.4) is 0 Å². The smallest absolute Gasteiger partial charge is 0.170 e. The Kier molecular flexibility index (Phi) is 3.74. The first-order valence-corrected chi connectivity index (χ1v) is 7.74. The van der Waals surface area contributed by atoms with E-state index in [1.807, 2.05) is 19.1 Å². The molecule has 5 nitrogen and oxygen atoms in total. The molecule has 0 spiro atoms. The van der Waals surface area contributed by atoms with E-state index in [0.29, 0.717) is 0 Å².